The SMILES string of the molecule is Cc1ccc(Nc2ncnc3c2cnn3C)cc1OC(F)F. The topological polar surface area (TPSA) is 64.9 Å². The van der Waals surface area contributed by atoms with Crippen LogP contribution in [0, 0.1) is 6.92 Å². The minimum atomic E-state index is -2.86. The number of nitrogens with zero attached hydrogens (tertiary/aromatic N) is 4. The lowest BCUT2D eigenvalue weighted by Gasteiger charge is -2.11. The molecule has 2 heterocycles. The van der Waals surface area contributed by atoms with Crippen molar-refractivity contribution in [2.75, 3.05) is 5.32 Å². The van der Waals surface area contributed by atoms with Crippen molar-refractivity contribution in [3.63, 3.8) is 0 Å². The summed E-state index contributed by atoms with van der Waals surface area (Å²) in [5.41, 5.74) is 1.89. The summed E-state index contributed by atoms with van der Waals surface area (Å²) in [6.45, 7) is -1.16. The third kappa shape index (κ3) is 2.67. The molecule has 0 radical (unpaired) electrons. The number of rotatable bonds is 4. The van der Waals surface area contributed by atoms with Crippen molar-refractivity contribution in [3.05, 3.63) is 36.3 Å². The number of benzene rings is 1. The van der Waals surface area contributed by atoms with E-state index in [1.54, 1.807) is 37.0 Å². The van der Waals surface area contributed by atoms with Crippen molar-refractivity contribution in [1.29, 1.82) is 0 Å². The Bertz CT molecular complexity index is 818. The van der Waals surface area contributed by atoms with E-state index in [1.165, 1.54) is 12.4 Å². The molecule has 0 aliphatic carbocycles. The van der Waals surface area contributed by atoms with Crippen LogP contribution in [0.4, 0.5) is 20.3 Å². The quantitative estimate of drug-likeness (QED) is 0.802. The maximum Gasteiger partial charge on any atom is 0.387 e. The van der Waals surface area contributed by atoms with E-state index in [1.807, 2.05) is 0 Å². The first-order valence-electron chi connectivity index (χ1n) is 6.50. The predicted molar refractivity (Wildman–Crippen MR) is 77.4 cm³/mol. The zero-order valence-corrected chi connectivity index (χ0v) is 11.9. The number of halogens is 2. The molecule has 6 nitrogen and oxygen atoms in total. The van der Waals surface area contributed by atoms with Crippen LogP contribution >= 0.6 is 0 Å². The maximum atomic E-state index is 12.4. The number of aromatic nitrogens is 4. The predicted octanol–water partition coefficient (Wildman–Crippen LogP) is 3.02. The second-order valence-electron chi connectivity index (χ2n) is 4.71. The van der Waals surface area contributed by atoms with E-state index < -0.39 is 6.61 Å². The van der Waals surface area contributed by atoms with Crippen LogP contribution < -0.4 is 10.1 Å². The fraction of sp³-hybridized carbons (Fsp3) is 0.214. The highest BCUT2D eigenvalue weighted by Gasteiger charge is 2.11. The van der Waals surface area contributed by atoms with Gasteiger partial charge < -0.3 is 10.1 Å². The summed E-state index contributed by atoms with van der Waals surface area (Å²) < 4.78 is 30.9. The van der Waals surface area contributed by atoms with E-state index in [9.17, 15) is 8.78 Å². The van der Waals surface area contributed by atoms with Gasteiger partial charge in [-0.15, -0.1) is 0 Å². The Morgan fingerprint density at radius 2 is 2.09 bits per heavy atom. The van der Waals surface area contributed by atoms with E-state index in [2.05, 4.69) is 25.1 Å². The second kappa shape index (κ2) is 5.55. The number of aryl methyl sites for hydroxylation is 2. The maximum absolute atomic E-state index is 12.4. The zero-order valence-electron chi connectivity index (χ0n) is 11.9. The number of nitrogens with one attached hydrogen (secondary N) is 1. The molecule has 0 saturated carbocycles. The lowest BCUT2D eigenvalue weighted by atomic mass is 10.2. The average Bonchev–Trinajstić information content (AvgIpc) is 2.85. The summed E-state index contributed by atoms with van der Waals surface area (Å²) in [4.78, 5) is 8.30. The molecule has 2 aromatic heterocycles. The van der Waals surface area contributed by atoms with Crippen LogP contribution in [0.3, 0.4) is 0 Å². The highest BCUT2D eigenvalue weighted by Crippen LogP contribution is 2.28. The first-order chi connectivity index (χ1) is 10.5. The standard InChI is InChI=1S/C14H13F2N5O/c1-8-3-4-9(5-11(8)22-14(15)16)20-12-10-6-19-21(2)13(10)18-7-17-12/h3-7,14H,1-2H3,(H,17,18,20). The van der Waals surface area contributed by atoms with Gasteiger partial charge in [0, 0.05) is 18.8 Å². The van der Waals surface area contributed by atoms with Gasteiger partial charge in [-0.1, -0.05) is 6.07 Å². The summed E-state index contributed by atoms with van der Waals surface area (Å²) in [7, 11) is 1.78. The van der Waals surface area contributed by atoms with Gasteiger partial charge >= 0.3 is 6.61 Å². The summed E-state index contributed by atoms with van der Waals surface area (Å²) in [6.07, 6.45) is 3.06. The minimum absolute atomic E-state index is 0.122. The number of hydrogen-bond donors (Lipinski definition) is 1. The Hall–Kier alpha value is -2.77. The van der Waals surface area contributed by atoms with E-state index in [0.717, 1.165) is 5.39 Å². The van der Waals surface area contributed by atoms with Gasteiger partial charge in [0.2, 0.25) is 0 Å². The van der Waals surface area contributed by atoms with Gasteiger partial charge in [0.1, 0.15) is 17.9 Å². The molecule has 3 rings (SSSR count). The molecule has 3 aromatic rings. The van der Waals surface area contributed by atoms with E-state index in [4.69, 9.17) is 0 Å². The van der Waals surface area contributed by atoms with Crippen LogP contribution in [-0.4, -0.2) is 26.4 Å². The van der Waals surface area contributed by atoms with Gasteiger partial charge in [-0.2, -0.15) is 13.9 Å². The molecular formula is C14H13F2N5O. The lowest BCUT2D eigenvalue weighted by Crippen LogP contribution is -2.04. The zero-order chi connectivity index (χ0) is 15.7. The molecule has 0 aliphatic rings. The molecule has 1 aromatic carbocycles. The first kappa shape index (κ1) is 14.2. The van der Waals surface area contributed by atoms with Gasteiger partial charge in [0.05, 0.1) is 11.6 Å². The molecule has 0 spiro atoms. The summed E-state index contributed by atoms with van der Waals surface area (Å²) >= 11 is 0. The fourth-order valence-electron chi connectivity index (χ4n) is 2.10. The summed E-state index contributed by atoms with van der Waals surface area (Å²) in [6, 6.07) is 4.96. The Morgan fingerprint density at radius 1 is 1.27 bits per heavy atom. The van der Waals surface area contributed by atoms with Crippen molar-refractivity contribution in [3.8, 4) is 5.75 Å². The van der Waals surface area contributed by atoms with Gasteiger partial charge in [-0.3, -0.25) is 4.68 Å². The highest BCUT2D eigenvalue weighted by atomic mass is 19.3. The van der Waals surface area contributed by atoms with E-state index in [-0.39, 0.29) is 5.75 Å². The molecule has 1 N–H and O–H groups in total. The smallest absolute Gasteiger partial charge is 0.387 e. The minimum Gasteiger partial charge on any atom is -0.434 e. The Balaban J connectivity index is 1.95. The largest absolute Gasteiger partial charge is 0.434 e. The molecule has 0 aliphatic heterocycles. The molecular weight excluding hydrogens is 292 g/mol. The molecule has 0 amide bonds. The van der Waals surface area contributed by atoms with Gasteiger partial charge in [0.25, 0.3) is 0 Å². The van der Waals surface area contributed by atoms with Crippen LogP contribution in [0.2, 0.25) is 0 Å². The lowest BCUT2D eigenvalue weighted by molar-refractivity contribution is -0.0502. The number of hydrogen-bond acceptors (Lipinski definition) is 5. The third-order valence-electron chi connectivity index (χ3n) is 3.20. The summed E-state index contributed by atoms with van der Waals surface area (Å²) in [5, 5.41) is 7.93. The molecule has 0 bridgehead atoms. The molecule has 0 unspecified atom stereocenters. The summed E-state index contributed by atoms with van der Waals surface area (Å²) in [5.74, 6) is 0.668. The second-order valence-corrected chi connectivity index (χ2v) is 4.71. The van der Waals surface area contributed by atoms with Crippen molar-refractivity contribution in [2.45, 2.75) is 13.5 Å². The van der Waals surface area contributed by atoms with Crippen LogP contribution in [0.25, 0.3) is 11.0 Å². The molecule has 0 atom stereocenters. The van der Waals surface area contributed by atoms with E-state index >= 15 is 0 Å². The Kier molecular flexibility index (Phi) is 3.58. The Labute approximate surface area is 124 Å². The van der Waals surface area contributed by atoms with Gasteiger partial charge in [-0.05, 0) is 18.6 Å². The van der Waals surface area contributed by atoms with Crippen molar-refractivity contribution >= 4 is 22.5 Å². The van der Waals surface area contributed by atoms with Gasteiger partial charge in [-0.25, -0.2) is 9.97 Å². The van der Waals surface area contributed by atoms with Crippen molar-refractivity contribution in [1.82, 2.24) is 19.7 Å². The number of fused-ring (bicyclic) bond motifs is 1. The van der Waals surface area contributed by atoms with Crippen molar-refractivity contribution < 1.29 is 13.5 Å². The molecule has 114 valence electrons. The Morgan fingerprint density at radius 3 is 2.86 bits per heavy atom. The van der Waals surface area contributed by atoms with Crippen LogP contribution in [0.15, 0.2) is 30.7 Å². The number of ether oxygens (including phenoxy) is 1. The van der Waals surface area contributed by atoms with Crippen LogP contribution in [0.1, 0.15) is 5.56 Å². The fourth-order valence-corrected chi connectivity index (χ4v) is 2.10. The molecule has 8 heteroatoms. The highest BCUT2D eigenvalue weighted by molar-refractivity contribution is 5.88. The van der Waals surface area contributed by atoms with Crippen LogP contribution in [-0.2, 0) is 7.05 Å². The first-order valence-corrected chi connectivity index (χ1v) is 6.50. The van der Waals surface area contributed by atoms with E-state index in [0.29, 0.717) is 22.7 Å². The molecule has 0 saturated heterocycles. The number of anilines is 2. The monoisotopic (exact) mass is 305 g/mol. The van der Waals surface area contributed by atoms with Crippen molar-refractivity contribution in [2.24, 2.45) is 7.05 Å². The van der Waals surface area contributed by atoms with Crippen LogP contribution in [0.5, 0.6) is 5.75 Å². The molecule has 22 heavy (non-hydrogen) atoms. The number of alkyl halides is 2. The average molecular weight is 305 g/mol. The normalized spacial score (nSPS) is 11.1. The molecule has 0 fully saturated rings. The third-order valence-corrected chi connectivity index (χ3v) is 3.20. The van der Waals surface area contributed by atoms with Gasteiger partial charge in [0.15, 0.2) is 5.65 Å².